The van der Waals surface area contributed by atoms with Gasteiger partial charge in [-0.2, -0.15) is 4.31 Å². The number of nitrogens with zero attached hydrogens (tertiary/aromatic N) is 1. The Morgan fingerprint density at radius 3 is 2.60 bits per heavy atom. The first-order chi connectivity index (χ1) is 11.8. The molecular formula is C17H28N2O4S2. The molecule has 2 heterocycles. The lowest BCUT2D eigenvalue weighted by Gasteiger charge is -2.26. The minimum absolute atomic E-state index is 0.0206. The van der Waals surface area contributed by atoms with Gasteiger partial charge in [-0.15, -0.1) is 11.3 Å². The Bertz CT molecular complexity index is 664. The number of carbonyl (C=O) groups excluding carboxylic acids is 1. The maximum absolute atomic E-state index is 12.8. The number of morpholine rings is 1. The van der Waals surface area contributed by atoms with E-state index in [1.54, 1.807) is 5.38 Å². The predicted octanol–water partition coefficient (Wildman–Crippen LogP) is 2.71. The fourth-order valence-electron chi connectivity index (χ4n) is 2.79. The standard InChI is InChI=1S/C17H28N2O4S2/c1-13(2)5-4-6-14(3)18-17(20)16-15(7-12-24-16)25(21,22)19-8-10-23-11-9-19/h7,12-14H,4-6,8-11H2,1-3H3,(H,18,20). The zero-order chi connectivity index (χ0) is 18.4. The van der Waals surface area contributed by atoms with Crippen LogP contribution >= 0.6 is 11.3 Å². The van der Waals surface area contributed by atoms with E-state index < -0.39 is 10.0 Å². The third-order valence-electron chi connectivity index (χ3n) is 4.22. The molecule has 6 nitrogen and oxygen atoms in total. The van der Waals surface area contributed by atoms with Crippen LogP contribution in [0, 0.1) is 5.92 Å². The molecule has 142 valence electrons. The third kappa shape index (κ3) is 5.51. The summed E-state index contributed by atoms with van der Waals surface area (Å²) in [5.41, 5.74) is 0. The van der Waals surface area contributed by atoms with Crippen molar-refractivity contribution in [3.8, 4) is 0 Å². The Kier molecular flexibility index (Phi) is 7.42. The van der Waals surface area contributed by atoms with Gasteiger partial charge in [0.05, 0.1) is 13.2 Å². The van der Waals surface area contributed by atoms with Crippen LogP contribution in [0.2, 0.25) is 0 Å². The molecule has 1 saturated heterocycles. The zero-order valence-electron chi connectivity index (χ0n) is 15.2. The van der Waals surface area contributed by atoms with E-state index in [-0.39, 0.29) is 21.7 Å². The highest BCUT2D eigenvalue weighted by Gasteiger charge is 2.31. The minimum atomic E-state index is -3.66. The third-order valence-corrected chi connectivity index (χ3v) is 7.20. The van der Waals surface area contributed by atoms with Gasteiger partial charge in [-0.1, -0.05) is 26.7 Å². The van der Waals surface area contributed by atoms with E-state index in [0.717, 1.165) is 19.3 Å². The lowest BCUT2D eigenvalue weighted by atomic mass is 10.0. The monoisotopic (exact) mass is 388 g/mol. The molecule has 0 spiro atoms. The van der Waals surface area contributed by atoms with Crippen molar-refractivity contribution in [3.05, 3.63) is 16.3 Å². The van der Waals surface area contributed by atoms with Gasteiger partial charge < -0.3 is 10.1 Å². The van der Waals surface area contributed by atoms with Crippen LogP contribution in [0.5, 0.6) is 0 Å². The van der Waals surface area contributed by atoms with Crippen LogP contribution < -0.4 is 5.32 Å². The molecule has 1 aromatic heterocycles. The topological polar surface area (TPSA) is 75.7 Å². The van der Waals surface area contributed by atoms with Gasteiger partial charge in [-0.05, 0) is 30.7 Å². The number of carbonyl (C=O) groups is 1. The summed E-state index contributed by atoms with van der Waals surface area (Å²) in [6, 6.07) is 1.54. The molecule has 1 amide bonds. The summed E-state index contributed by atoms with van der Waals surface area (Å²) < 4.78 is 32.2. The van der Waals surface area contributed by atoms with Gasteiger partial charge in [0.1, 0.15) is 9.77 Å². The number of amides is 1. The molecule has 0 aromatic carbocycles. The minimum Gasteiger partial charge on any atom is -0.379 e. The average Bonchev–Trinajstić information content (AvgIpc) is 3.06. The van der Waals surface area contributed by atoms with Crippen LogP contribution in [-0.4, -0.2) is 51.0 Å². The molecule has 25 heavy (non-hydrogen) atoms. The lowest BCUT2D eigenvalue weighted by Crippen LogP contribution is -2.41. The Hall–Kier alpha value is -0.960. The van der Waals surface area contributed by atoms with E-state index in [0.29, 0.717) is 32.2 Å². The van der Waals surface area contributed by atoms with Crippen LogP contribution in [0.4, 0.5) is 0 Å². The van der Waals surface area contributed by atoms with Gasteiger partial charge in [0.2, 0.25) is 10.0 Å². The molecule has 0 radical (unpaired) electrons. The normalized spacial score (nSPS) is 17.6. The van der Waals surface area contributed by atoms with E-state index >= 15 is 0 Å². The first-order valence-corrected chi connectivity index (χ1v) is 11.1. The van der Waals surface area contributed by atoms with Gasteiger partial charge >= 0.3 is 0 Å². The average molecular weight is 389 g/mol. The van der Waals surface area contributed by atoms with E-state index in [4.69, 9.17) is 4.74 Å². The smallest absolute Gasteiger partial charge is 0.262 e. The SMILES string of the molecule is CC(C)CCCC(C)NC(=O)c1sccc1S(=O)(=O)N1CCOCC1. The molecule has 1 fully saturated rings. The molecule has 1 aliphatic heterocycles. The maximum Gasteiger partial charge on any atom is 0.262 e. The molecule has 1 aliphatic rings. The Balaban J connectivity index is 2.03. The van der Waals surface area contributed by atoms with Crippen molar-refractivity contribution in [3.63, 3.8) is 0 Å². The fourth-order valence-corrected chi connectivity index (χ4v) is 5.50. The molecule has 2 rings (SSSR count). The van der Waals surface area contributed by atoms with E-state index in [1.807, 2.05) is 6.92 Å². The van der Waals surface area contributed by atoms with Crippen LogP contribution in [-0.2, 0) is 14.8 Å². The second-order valence-electron chi connectivity index (χ2n) is 6.83. The van der Waals surface area contributed by atoms with E-state index in [2.05, 4.69) is 19.2 Å². The molecule has 0 saturated carbocycles. The highest BCUT2D eigenvalue weighted by molar-refractivity contribution is 7.89. The van der Waals surface area contributed by atoms with Crippen LogP contribution in [0.3, 0.4) is 0 Å². The first-order valence-electron chi connectivity index (χ1n) is 8.78. The van der Waals surface area contributed by atoms with Gasteiger partial charge in [0, 0.05) is 19.1 Å². The largest absolute Gasteiger partial charge is 0.379 e. The van der Waals surface area contributed by atoms with Gasteiger partial charge in [0.25, 0.3) is 5.91 Å². The zero-order valence-corrected chi connectivity index (χ0v) is 16.8. The number of thiophene rings is 1. The van der Waals surface area contributed by atoms with Crippen molar-refractivity contribution >= 4 is 27.3 Å². The van der Waals surface area contributed by atoms with E-state index in [9.17, 15) is 13.2 Å². The van der Waals surface area contributed by atoms with Crippen molar-refractivity contribution in [1.29, 1.82) is 0 Å². The number of nitrogens with one attached hydrogen (secondary N) is 1. The maximum atomic E-state index is 12.8. The van der Waals surface area contributed by atoms with Crippen molar-refractivity contribution in [2.75, 3.05) is 26.3 Å². The van der Waals surface area contributed by atoms with Crippen LogP contribution in [0.1, 0.15) is 49.7 Å². The summed E-state index contributed by atoms with van der Waals surface area (Å²) in [5.74, 6) is 0.337. The first kappa shape index (κ1) is 20.4. The summed E-state index contributed by atoms with van der Waals surface area (Å²) in [7, 11) is -3.66. The molecule has 1 N–H and O–H groups in total. The van der Waals surface area contributed by atoms with Crippen molar-refractivity contribution in [2.45, 2.75) is 51.0 Å². The van der Waals surface area contributed by atoms with Crippen molar-refractivity contribution in [1.82, 2.24) is 9.62 Å². The highest BCUT2D eigenvalue weighted by Crippen LogP contribution is 2.26. The molecule has 8 heteroatoms. The summed E-state index contributed by atoms with van der Waals surface area (Å²) in [6.45, 7) is 7.74. The number of rotatable bonds is 8. The number of sulfonamides is 1. The van der Waals surface area contributed by atoms with Gasteiger partial charge in [0.15, 0.2) is 0 Å². The summed E-state index contributed by atoms with van der Waals surface area (Å²) in [4.78, 5) is 12.9. The Labute approximate surface area is 154 Å². The Morgan fingerprint density at radius 2 is 1.96 bits per heavy atom. The van der Waals surface area contributed by atoms with Gasteiger partial charge in [-0.25, -0.2) is 8.42 Å². The van der Waals surface area contributed by atoms with Gasteiger partial charge in [-0.3, -0.25) is 4.79 Å². The molecule has 0 aliphatic carbocycles. The number of ether oxygens (including phenoxy) is 1. The highest BCUT2D eigenvalue weighted by atomic mass is 32.2. The second kappa shape index (κ2) is 9.12. The van der Waals surface area contributed by atoms with Crippen LogP contribution in [0.15, 0.2) is 16.3 Å². The second-order valence-corrected chi connectivity index (χ2v) is 9.65. The lowest BCUT2D eigenvalue weighted by molar-refractivity contribution is 0.0730. The Morgan fingerprint density at radius 1 is 1.28 bits per heavy atom. The van der Waals surface area contributed by atoms with E-state index in [1.165, 1.54) is 21.7 Å². The quantitative estimate of drug-likeness (QED) is 0.743. The van der Waals surface area contributed by atoms with Crippen molar-refractivity contribution in [2.24, 2.45) is 5.92 Å². The summed E-state index contributed by atoms with van der Waals surface area (Å²) >= 11 is 1.17. The molecule has 1 unspecified atom stereocenters. The number of hydrogen-bond donors (Lipinski definition) is 1. The van der Waals surface area contributed by atoms with Crippen molar-refractivity contribution < 1.29 is 17.9 Å². The van der Waals surface area contributed by atoms with Crippen LogP contribution in [0.25, 0.3) is 0 Å². The summed E-state index contributed by atoms with van der Waals surface area (Å²) in [5, 5.41) is 4.59. The molecule has 0 bridgehead atoms. The molecule has 1 aromatic rings. The predicted molar refractivity (Wildman–Crippen MR) is 99.5 cm³/mol. The number of hydrogen-bond acceptors (Lipinski definition) is 5. The summed E-state index contributed by atoms with van der Waals surface area (Å²) in [6.07, 6.45) is 3.05. The molecule has 1 atom stereocenters. The fraction of sp³-hybridized carbons (Fsp3) is 0.706. The molecular weight excluding hydrogens is 360 g/mol.